The molecule has 4 amide bonds. The first-order valence-corrected chi connectivity index (χ1v) is 34.1. The Kier molecular flexibility index (Phi) is 28.1. The van der Waals surface area contributed by atoms with E-state index in [9.17, 15) is 47.4 Å². The first kappa shape index (κ1) is 74.9. The largest absolute Gasteiger partial charge is 0.468 e. The highest BCUT2D eigenvalue weighted by atomic mass is 32.2. The maximum absolute atomic E-state index is 14.5. The minimum absolute atomic E-state index is 0.00838. The van der Waals surface area contributed by atoms with Crippen LogP contribution in [-0.4, -0.2) is 147 Å². The van der Waals surface area contributed by atoms with Crippen LogP contribution in [0.2, 0.25) is 0 Å². The number of carbonyl (C=O) groups is 5. The molecular formula is C71H95N11O13S. The van der Waals surface area contributed by atoms with Crippen LogP contribution in [0.25, 0.3) is 10.9 Å². The number of esters is 1. The van der Waals surface area contributed by atoms with E-state index in [4.69, 9.17) is 14.2 Å². The zero-order valence-electron chi connectivity index (χ0n) is 56.2. The Morgan fingerprint density at radius 2 is 1.31 bits per heavy atom. The number of methoxy groups -OCH3 is 1. The van der Waals surface area contributed by atoms with Gasteiger partial charge < -0.3 is 60.5 Å². The second kappa shape index (κ2) is 36.0. The molecule has 7 rings (SSSR count). The Labute approximate surface area is 562 Å². The lowest BCUT2D eigenvalue weighted by Crippen LogP contribution is -2.56. The smallest absolute Gasteiger partial charge is 0.408 e. The Morgan fingerprint density at radius 3 is 1.88 bits per heavy atom. The number of alkyl carbamates (subject to hydrolysis) is 1. The van der Waals surface area contributed by atoms with Crippen LogP contribution < -0.4 is 52.7 Å². The van der Waals surface area contributed by atoms with Crippen LogP contribution >= 0.6 is 0 Å². The van der Waals surface area contributed by atoms with Gasteiger partial charge in [-0.15, -0.1) is 0 Å². The number of likely N-dealkylation sites (N-methyl/N-ethyl adjacent to an activating group) is 1. The third-order valence-electron chi connectivity index (χ3n) is 16.1. The highest BCUT2D eigenvalue weighted by Gasteiger charge is 2.45. The fraction of sp³-hybridized carbons (Fsp3) is 0.437. The number of amides is 4. The molecule has 0 saturated heterocycles. The third-order valence-corrected chi connectivity index (χ3v) is 17.9. The van der Waals surface area contributed by atoms with Gasteiger partial charge in [0.05, 0.1) is 23.6 Å². The van der Waals surface area contributed by atoms with Gasteiger partial charge in [-0.25, -0.2) is 13.2 Å². The number of hydrogen-bond acceptors (Lipinski definition) is 18. The summed E-state index contributed by atoms with van der Waals surface area (Å²) in [5.74, 6) is -2.30. The van der Waals surface area contributed by atoms with Gasteiger partial charge in [-0.3, -0.25) is 39.9 Å². The topological polar surface area (TPSA) is 321 Å². The van der Waals surface area contributed by atoms with Crippen LogP contribution in [0.1, 0.15) is 122 Å². The standard InChI is InChI=1S/C71H95N11O13S/c1-9-72-66(88)57(79-69(90)95-70(5,6)7)30-31-60(83)74-35-20-40-94-41-21-36-75-62(85)33-32-61(84)73-34-19-38-81-47-56(65(87)77-46-58(67(89)93-8)80-96(91,92)64-49(3)42-48(2)43-50(64)4)63(86)55-29-28-51(44-59(55)81)45-78-68-76-37-39-82(68)71(52-22-13-10-14-23-52,53-24-15-11-16-25-53)54-26-17-12-18-27-54/h10-18,22-29,37,39,42-44,47,57-58,61,66,68,72-73,76,78,80,84,88H,9,19-21,30-36,38,40-41,45-46H2,1-8H3,(H,74,83)(H,75,85)(H,77,87)(H,79,90). The minimum Gasteiger partial charge on any atom is -0.468 e. The van der Waals surface area contributed by atoms with Gasteiger partial charge in [0.15, 0.2) is 6.29 Å². The summed E-state index contributed by atoms with van der Waals surface area (Å²) in [6.07, 6.45) is 4.05. The predicted molar refractivity (Wildman–Crippen MR) is 367 cm³/mol. The number of fused-ring (bicyclic) bond motifs is 1. The van der Waals surface area contributed by atoms with E-state index in [0.29, 0.717) is 75.3 Å². The maximum atomic E-state index is 14.5. The number of rotatable bonds is 37. The quantitative estimate of drug-likeness (QED) is 0.00975. The summed E-state index contributed by atoms with van der Waals surface area (Å²) in [5.41, 5.74) is 3.88. The van der Waals surface area contributed by atoms with Crippen molar-refractivity contribution in [3.63, 3.8) is 0 Å². The average Bonchev–Trinajstić information content (AvgIpc) is 1.22. The molecule has 518 valence electrons. The number of aliphatic hydroxyl groups is 2. The highest BCUT2D eigenvalue weighted by Crippen LogP contribution is 2.44. The Bertz CT molecular complexity index is 3640. The van der Waals surface area contributed by atoms with E-state index < -0.39 is 81.9 Å². The summed E-state index contributed by atoms with van der Waals surface area (Å²) in [4.78, 5) is 81.7. The number of benzene rings is 5. The number of nitrogens with zero attached hydrogens (tertiary/aromatic N) is 2. The number of pyridine rings is 1. The molecule has 96 heavy (non-hydrogen) atoms. The molecule has 5 unspecified atom stereocenters. The first-order valence-electron chi connectivity index (χ1n) is 32.6. The number of ether oxygens (including phenoxy) is 3. The van der Waals surface area contributed by atoms with Gasteiger partial charge in [0.25, 0.3) is 5.91 Å². The third kappa shape index (κ3) is 21.0. The molecule has 0 spiro atoms. The van der Waals surface area contributed by atoms with Crippen molar-refractivity contribution in [3.05, 3.63) is 195 Å². The Hall–Kier alpha value is -8.53. The molecule has 5 aromatic carbocycles. The van der Waals surface area contributed by atoms with Gasteiger partial charge in [0, 0.05) is 82.8 Å². The number of carbonyl (C=O) groups excluding carboxylic acids is 5. The number of sulfonamides is 1. The van der Waals surface area contributed by atoms with Crippen molar-refractivity contribution in [2.24, 2.45) is 0 Å². The van der Waals surface area contributed by atoms with Crippen LogP contribution in [0.5, 0.6) is 0 Å². The lowest BCUT2D eigenvalue weighted by molar-refractivity contribution is -0.142. The van der Waals surface area contributed by atoms with Crippen LogP contribution in [0, 0.1) is 20.8 Å². The monoisotopic (exact) mass is 1340 g/mol. The van der Waals surface area contributed by atoms with E-state index in [1.807, 2.05) is 93.0 Å². The zero-order chi connectivity index (χ0) is 69.4. The van der Waals surface area contributed by atoms with E-state index in [2.05, 4.69) is 88.6 Å². The molecule has 24 nitrogen and oxygen atoms in total. The molecule has 5 atom stereocenters. The van der Waals surface area contributed by atoms with Crippen LogP contribution in [0.3, 0.4) is 0 Å². The lowest BCUT2D eigenvalue weighted by Gasteiger charge is -2.46. The van der Waals surface area contributed by atoms with Gasteiger partial charge in [-0.1, -0.05) is 122 Å². The summed E-state index contributed by atoms with van der Waals surface area (Å²) in [5, 5.41) is 45.7. The second-order valence-corrected chi connectivity index (χ2v) is 26.4. The van der Waals surface area contributed by atoms with E-state index in [-0.39, 0.29) is 66.4 Å². The summed E-state index contributed by atoms with van der Waals surface area (Å²) in [7, 11) is -3.21. The van der Waals surface area contributed by atoms with Crippen molar-refractivity contribution in [1.82, 2.24) is 56.7 Å². The molecule has 1 aliphatic heterocycles. The van der Waals surface area contributed by atoms with Gasteiger partial charge in [0.1, 0.15) is 35.2 Å². The molecule has 1 aliphatic rings. The summed E-state index contributed by atoms with van der Waals surface area (Å²) < 4.78 is 47.7. The van der Waals surface area contributed by atoms with E-state index in [1.165, 1.54) is 6.20 Å². The molecule has 0 radical (unpaired) electrons. The summed E-state index contributed by atoms with van der Waals surface area (Å²) in [6, 6.07) is 37.4. The van der Waals surface area contributed by atoms with E-state index in [1.54, 1.807) is 57.4 Å². The molecule has 11 N–H and O–H groups in total. The van der Waals surface area contributed by atoms with E-state index in [0.717, 1.165) is 34.9 Å². The van der Waals surface area contributed by atoms with Crippen molar-refractivity contribution >= 4 is 50.7 Å². The molecule has 0 saturated carbocycles. The van der Waals surface area contributed by atoms with Gasteiger partial charge in [-0.05, 0) is 132 Å². The molecular weight excluding hydrogens is 1250 g/mol. The maximum Gasteiger partial charge on any atom is 0.408 e. The first-order chi connectivity index (χ1) is 45.9. The van der Waals surface area contributed by atoms with E-state index >= 15 is 0 Å². The summed E-state index contributed by atoms with van der Waals surface area (Å²) >= 11 is 0. The lowest BCUT2D eigenvalue weighted by atomic mass is 9.75. The number of aromatic nitrogens is 1. The van der Waals surface area contributed by atoms with Crippen molar-refractivity contribution in [3.8, 4) is 0 Å². The zero-order valence-corrected chi connectivity index (χ0v) is 57.0. The SMILES string of the molecule is CCNC(O)C(CCC(=O)NCCCOCCCNC(=O)CCC(O)NCCCn1cc(C(=O)NCC(NS(=O)(=O)c2c(C)cc(C)cc2C)C(=O)OC)c(=O)c2ccc(CNC3NC=CN3C(c3ccccc3)(c3ccccc3)c3ccccc3)cc21)NC(=O)OC(C)(C)C. The number of aryl methyl sites for hydroxylation is 4. The minimum atomic E-state index is -4.31. The van der Waals surface area contributed by atoms with Gasteiger partial charge in [0.2, 0.25) is 27.3 Å². The van der Waals surface area contributed by atoms with Crippen molar-refractivity contribution in [2.75, 3.05) is 53.0 Å². The Balaban J connectivity index is 0.960. The number of aliphatic hydroxyl groups excluding tert-OH is 2. The Morgan fingerprint density at radius 1 is 0.729 bits per heavy atom. The van der Waals surface area contributed by atoms with Crippen LogP contribution in [0.15, 0.2) is 150 Å². The van der Waals surface area contributed by atoms with Crippen molar-refractivity contribution in [1.29, 1.82) is 0 Å². The molecule has 0 fully saturated rings. The fourth-order valence-electron chi connectivity index (χ4n) is 11.8. The molecule has 25 heteroatoms. The number of hydrogen-bond donors (Lipinski definition) is 11. The molecule has 1 aromatic heterocycles. The second-order valence-electron chi connectivity index (χ2n) is 24.7. The van der Waals surface area contributed by atoms with Gasteiger partial charge in [-0.2, -0.15) is 4.72 Å². The van der Waals surface area contributed by atoms with Crippen LogP contribution in [-0.2, 0) is 57.2 Å². The molecule has 2 heterocycles. The molecule has 0 bridgehead atoms. The molecule has 0 aliphatic carbocycles. The van der Waals surface area contributed by atoms with Crippen molar-refractivity contribution in [2.45, 2.75) is 153 Å². The average molecular weight is 1340 g/mol. The normalized spacial score (nSPS) is 14.5. The van der Waals surface area contributed by atoms with Crippen molar-refractivity contribution < 1.29 is 56.8 Å². The number of nitrogens with one attached hydrogen (secondary N) is 9. The van der Waals surface area contributed by atoms with Crippen LogP contribution in [0.4, 0.5) is 4.79 Å². The van der Waals surface area contributed by atoms with Gasteiger partial charge >= 0.3 is 12.1 Å². The molecule has 6 aromatic rings. The highest BCUT2D eigenvalue weighted by molar-refractivity contribution is 7.89. The predicted octanol–water partition coefficient (Wildman–Crippen LogP) is 5.63. The fourth-order valence-corrected chi connectivity index (χ4v) is 13.4. The summed E-state index contributed by atoms with van der Waals surface area (Å²) in [6.45, 7) is 14.4.